The van der Waals surface area contributed by atoms with Crippen LogP contribution in [0.1, 0.15) is 0 Å². The zero-order valence-electron chi connectivity index (χ0n) is 6.40. The van der Waals surface area contributed by atoms with E-state index in [4.69, 9.17) is 14.9 Å². The summed E-state index contributed by atoms with van der Waals surface area (Å²) in [5.74, 6) is -0.284. The van der Waals surface area contributed by atoms with Crippen LogP contribution >= 0.6 is 0 Å². The molecule has 11 heavy (non-hydrogen) atoms. The van der Waals surface area contributed by atoms with Crippen molar-refractivity contribution in [1.82, 2.24) is 0 Å². The van der Waals surface area contributed by atoms with Crippen LogP contribution in [0.3, 0.4) is 0 Å². The fourth-order valence-electron chi connectivity index (χ4n) is 1.17. The normalized spacial score (nSPS) is 45.7. The number of hydrogen-bond acceptors (Lipinski definition) is 3. The Bertz CT molecular complexity index is 133. The SMILES string of the molecule is B[C@@H]1CO[C@H](CO)[C@@H](O)[C@H]1F. The van der Waals surface area contributed by atoms with Gasteiger partial charge < -0.3 is 14.9 Å². The third-order valence-corrected chi connectivity index (χ3v) is 2.00. The van der Waals surface area contributed by atoms with E-state index >= 15 is 0 Å². The zero-order valence-corrected chi connectivity index (χ0v) is 6.40. The van der Waals surface area contributed by atoms with Crippen LogP contribution in [0.2, 0.25) is 5.82 Å². The molecule has 1 saturated heterocycles. The van der Waals surface area contributed by atoms with E-state index in [1.54, 1.807) is 7.85 Å². The monoisotopic (exact) mass is 162 g/mol. The minimum Gasteiger partial charge on any atom is -0.394 e. The van der Waals surface area contributed by atoms with Gasteiger partial charge in [-0.2, -0.15) is 0 Å². The second kappa shape index (κ2) is 3.52. The maximum Gasteiger partial charge on any atom is 0.126 e. The van der Waals surface area contributed by atoms with Crippen molar-refractivity contribution >= 4 is 7.85 Å². The highest BCUT2D eigenvalue weighted by Crippen LogP contribution is 2.24. The molecule has 0 saturated carbocycles. The summed E-state index contributed by atoms with van der Waals surface area (Å²) >= 11 is 0. The van der Waals surface area contributed by atoms with E-state index in [-0.39, 0.29) is 19.0 Å². The predicted octanol–water partition coefficient (Wildman–Crippen LogP) is -1.50. The lowest BCUT2D eigenvalue weighted by molar-refractivity contribution is -0.126. The standard InChI is InChI=1S/C6H12BFO3/c7-3-2-11-4(1-9)6(10)5(3)8/h3-6,9-10H,1-2,7H2/t3-,4-,5+,6-/m1/s1. The molecular weight excluding hydrogens is 150 g/mol. The van der Waals surface area contributed by atoms with E-state index in [1.807, 2.05) is 0 Å². The summed E-state index contributed by atoms with van der Waals surface area (Å²) < 4.78 is 17.9. The topological polar surface area (TPSA) is 49.7 Å². The third-order valence-electron chi connectivity index (χ3n) is 2.00. The van der Waals surface area contributed by atoms with E-state index in [0.29, 0.717) is 0 Å². The molecule has 0 aromatic carbocycles. The molecule has 1 fully saturated rings. The fraction of sp³-hybridized carbons (Fsp3) is 1.00. The van der Waals surface area contributed by atoms with Crippen LogP contribution in [-0.2, 0) is 4.74 Å². The van der Waals surface area contributed by atoms with Gasteiger partial charge in [0.1, 0.15) is 26.2 Å². The average Bonchev–Trinajstić information content (AvgIpc) is 2.01. The largest absolute Gasteiger partial charge is 0.394 e. The molecule has 1 heterocycles. The van der Waals surface area contributed by atoms with Gasteiger partial charge in [-0.15, -0.1) is 0 Å². The lowest BCUT2D eigenvalue weighted by Crippen LogP contribution is -2.47. The molecule has 4 atom stereocenters. The number of rotatable bonds is 1. The quantitative estimate of drug-likeness (QED) is 0.461. The molecule has 0 unspecified atom stereocenters. The lowest BCUT2D eigenvalue weighted by Gasteiger charge is -2.33. The summed E-state index contributed by atoms with van der Waals surface area (Å²) in [6.45, 7) is -0.0578. The molecule has 1 aliphatic rings. The second-order valence-corrected chi connectivity index (χ2v) is 2.97. The van der Waals surface area contributed by atoms with Gasteiger partial charge in [0.05, 0.1) is 6.61 Å². The zero-order chi connectivity index (χ0) is 8.43. The Hall–Kier alpha value is -0.125. The van der Waals surface area contributed by atoms with Crippen LogP contribution in [0.15, 0.2) is 0 Å². The summed E-state index contributed by atoms with van der Waals surface area (Å²) in [4.78, 5) is 0. The summed E-state index contributed by atoms with van der Waals surface area (Å²) in [5.41, 5.74) is 0. The molecule has 64 valence electrons. The Balaban J connectivity index is 2.52. The van der Waals surface area contributed by atoms with Crippen LogP contribution in [0, 0.1) is 0 Å². The van der Waals surface area contributed by atoms with Gasteiger partial charge in [-0.25, -0.2) is 4.39 Å². The number of alkyl halides is 1. The molecule has 0 bridgehead atoms. The highest BCUT2D eigenvalue weighted by molar-refractivity contribution is 6.12. The first-order valence-electron chi connectivity index (χ1n) is 3.71. The first kappa shape index (κ1) is 8.97. The van der Waals surface area contributed by atoms with Crippen molar-refractivity contribution in [3.8, 4) is 0 Å². The summed E-state index contributed by atoms with van der Waals surface area (Å²) in [5, 5.41) is 17.8. The molecule has 0 spiro atoms. The molecule has 2 N–H and O–H groups in total. The van der Waals surface area contributed by atoms with Gasteiger partial charge in [0.2, 0.25) is 0 Å². The van der Waals surface area contributed by atoms with Gasteiger partial charge in [0.15, 0.2) is 0 Å². The lowest BCUT2D eigenvalue weighted by atomic mass is 9.79. The average molecular weight is 162 g/mol. The number of aliphatic hydroxyl groups is 2. The maximum atomic E-state index is 13.0. The van der Waals surface area contributed by atoms with Crippen molar-refractivity contribution in [1.29, 1.82) is 0 Å². The van der Waals surface area contributed by atoms with Crippen molar-refractivity contribution in [2.45, 2.75) is 24.2 Å². The molecule has 0 amide bonds. The number of hydrogen-bond donors (Lipinski definition) is 2. The van der Waals surface area contributed by atoms with Crippen molar-refractivity contribution < 1.29 is 19.3 Å². The highest BCUT2D eigenvalue weighted by Gasteiger charge is 2.36. The van der Waals surface area contributed by atoms with Gasteiger partial charge in [-0.05, 0) is 5.82 Å². The van der Waals surface area contributed by atoms with Crippen LogP contribution in [0.4, 0.5) is 4.39 Å². The van der Waals surface area contributed by atoms with Crippen molar-refractivity contribution in [2.24, 2.45) is 0 Å². The molecule has 5 heteroatoms. The molecular formula is C6H12BFO3. The molecule has 1 rings (SSSR count). The molecule has 0 radical (unpaired) electrons. The van der Waals surface area contributed by atoms with Crippen LogP contribution in [-0.4, -0.2) is 49.7 Å². The summed E-state index contributed by atoms with van der Waals surface area (Å²) in [6.07, 6.45) is -3.20. The predicted molar refractivity (Wildman–Crippen MR) is 40.0 cm³/mol. The van der Waals surface area contributed by atoms with E-state index < -0.39 is 18.4 Å². The summed E-state index contributed by atoms with van der Waals surface area (Å²) in [6, 6.07) is 0. The second-order valence-electron chi connectivity index (χ2n) is 2.97. The van der Waals surface area contributed by atoms with Crippen LogP contribution in [0.5, 0.6) is 0 Å². The first-order valence-corrected chi connectivity index (χ1v) is 3.71. The number of ether oxygens (including phenoxy) is 1. The fourth-order valence-corrected chi connectivity index (χ4v) is 1.17. The van der Waals surface area contributed by atoms with Crippen molar-refractivity contribution in [2.75, 3.05) is 13.2 Å². The third kappa shape index (κ3) is 1.72. The Kier molecular flexibility index (Phi) is 2.87. The minimum absolute atomic E-state index is 0.267. The van der Waals surface area contributed by atoms with Crippen LogP contribution < -0.4 is 0 Å². The maximum absolute atomic E-state index is 13.0. The highest BCUT2D eigenvalue weighted by atomic mass is 19.1. The smallest absolute Gasteiger partial charge is 0.126 e. The Labute approximate surface area is 65.6 Å². The van der Waals surface area contributed by atoms with E-state index in [0.717, 1.165) is 0 Å². The van der Waals surface area contributed by atoms with Gasteiger partial charge in [-0.1, -0.05) is 0 Å². The minimum atomic E-state index is -1.28. The Morgan fingerprint density at radius 1 is 1.64 bits per heavy atom. The molecule has 0 aromatic heterocycles. The van der Waals surface area contributed by atoms with Gasteiger partial charge in [-0.3, -0.25) is 0 Å². The van der Waals surface area contributed by atoms with E-state index in [9.17, 15) is 4.39 Å². The molecule has 1 aliphatic heterocycles. The van der Waals surface area contributed by atoms with E-state index in [2.05, 4.69) is 0 Å². The van der Waals surface area contributed by atoms with Gasteiger partial charge in [0.25, 0.3) is 0 Å². The molecule has 0 aliphatic carbocycles. The Morgan fingerprint density at radius 3 is 2.82 bits per heavy atom. The first-order chi connectivity index (χ1) is 5.16. The summed E-state index contributed by atoms with van der Waals surface area (Å²) in [7, 11) is 1.67. The van der Waals surface area contributed by atoms with Crippen molar-refractivity contribution in [3.63, 3.8) is 0 Å². The van der Waals surface area contributed by atoms with Crippen LogP contribution in [0.25, 0.3) is 0 Å². The molecule has 0 aromatic rings. The van der Waals surface area contributed by atoms with Gasteiger partial charge >= 0.3 is 0 Å². The van der Waals surface area contributed by atoms with Gasteiger partial charge in [0, 0.05) is 6.61 Å². The Morgan fingerprint density at radius 2 is 2.27 bits per heavy atom. The number of aliphatic hydroxyl groups excluding tert-OH is 2. The number of halogens is 1. The van der Waals surface area contributed by atoms with E-state index in [1.165, 1.54) is 0 Å². The molecule has 3 nitrogen and oxygen atoms in total. The van der Waals surface area contributed by atoms with Crippen molar-refractivity contribution in [3.05, 3.63) is 0 Å².